The molecule has 1 N–H and O–H groups in total. The smallest absolute Gasteiger partial charge is 0.355 e. The van der Waals surface area contributed by atoms with Gasteiger partial charge < -0.3 is 5.11 Å². The van der Waals surface area contributed by atoms with Crippen LogP contribution in [0.25, 0.3) is 10.6 Å². The average Bonchev–Trinajstić information content (AvgIpc) is 2.68. The van der Waals surface area contributed by atoms with E-state index in [4.69, 9.17) is 5.11 Å². The number of aromatic carboxylic acids is 1. The van der Waals surface area contributed by atoms with Crippen LogP contribution in [0.4, 0.5) is 0 Å². The van der Waals surface area contributed by atoms with E-state index in [1.54, 1.807) is 24.5 Å². The third-order valence-corrected chi connectivity index (χ3v) is 2.54. The molecule has 0 saturated carbocycles. The number of nitrogens with zero attached hydrogens (tertiary/aromatic N) is 2. The molecule has 0 amide bonds. The van der Waals surface area contributed by atoms with Crippen LogP contribution in [-0.4, -0.2) is 21.0 Å². The van der Waals surface area contributed by atoms with Crippen molar-refractivity contribution in [2.45, 2.75) is 0 Å². The SMILES string of the molecule is Cl.Cl.O=C(O)c1csc(-c2ccncc2)n1. The Bertz CT molecular complexity index is 462. The summed E-state index contributed by atoms with van der Waals surface area (Å²) in [6.07, 6.45) is 3.30. The summed E-state index contributed by atoms with van der Waals surface area (Å²) in [5.74, 6) is -0.999. The maximum Gasteiger partial charge on any atom is 0.355 e. The van der Waals surface area contributed by atoms with Crippen molar-refractivity contribution in [2.24, 2.45) is 0 Å². The highest BCUT2D eigenvalue weighted by molar-refractivity contribution is 7.13. The van der Waals surface area contributed by atoms with Crippen molar-refractivity contribution < 1.29 is 9.90 Å². The molecule has 0 radical (unpaired) electrons. The van der Waals surface area contributed by atoms with Crippen LogP contribution in [0.15, 0.2) is 29.9 Å². The second-order valence-corrected chi connectivity index (χ2v) is 3.44. The minimum Gasteiger partial charge on any atom is -0.476 e. The Balaban J connectivity index is 0.00000112. The first-order chi connectivity index (χ1) is 6.77. The number of aromatic nitrogens is 2. The summed E-state index contributed by atoms with van der Waals surface area (Å²) in [6.45, 7) is 0. The zero-order valence-corrected chi connectivity index (χ0v) is 10.3. The van der Waals surface area contributed by atoms with Gasteiger partial charge in [0.15, 0.2) is 5.69 Å². The minimum atomic E-state index is -0.999. The van der Waals surface area contributed by atoms with E-state index < -0.39 is 5.97 Å². The van der Waals surface area contributed by atoms with Crippen LogP contribution in [0.3, 0.4) is 0 Å². The van der Waals surface area contributed by atoms with Gasteiger partial charge >= 0.3 is 5.97 Å². The van der Waals surface area contributed by atoms with E-state index in [1.807, 2.05) is 0 Å². The average molecular weight is 279 g/mol. The number of carbonyl (C=O) groups is 1. The Kier molecular flexibility index (Phi) is 5.95. The fourth-order valence-corrected chi connectivity index (χ4v) is 1.80. The molecule has 2 aromatic rings. The van der Waals surface area contributed by atoms with Crippen LogP contribution >= 0.6 is 36.2 Å². The Morgan fingerprint density at radius 1 is 1.25 bits per heavy atom. The zero-order valence-electron chi connectivity index (χ0n) is 7.86. The Hall–Kier alpha value is -1.17. The molecule has 0 aliphatic rings. The maximum atomic E-state index is 10.6. The van der Waals surface area contributed by atoms with Gasteiger partial charge in [0, 0.05) is 23.3 Å². The molecule has 0 aliphatic carbocycles. The van der Waals surface area contributed by atoms with Crippen LogP contribution in [0.2, 0.25) is 0 Å². The zero-order chi connectivity index (χ0) is 9.97. The second kappa shape index (κ2) is 6.42. The number of pyridine rings is 1. The monoisotopic (exact) mass is 278 g/mol. The first-order valence-corrected chi connectivity index (χ1v) is 4.74. The molecular formula is C9H8Cl2N2O2S. The van der Waals surface area contributed by atoms with Crippen molar-refractivity contribution in [2.75, 3.05) is 0 Å². The van der Waals surface area contributed by atoms with Gasteiger partial charge in [-0.2, -0.15) is 0 Å². The van der Waals surface area contributed by atoms with Crippen molar-refractivity contribution >= 4 is 42.1 Å². The predicted octanol–water partition coefficient (Wildman–Crippen LogP) is 2.75. The third-order valence-electron chi connectivity index (χ3n) is 1.65. The summed E-state index contributed by atoms with van der Waals surface area (Å²) in [5, 5.41) is 10.9. The van der Waals surface area contributed by atoms with E-state index in [1.165, 1.54) is 16.7 Å². The van der Waals surface area contributed by atoms with Crippen molar-refractivity contribution in [1.29, 1.82) is 0 Å². The van der Waals surface area contributed by atoms with Gasteiger partial charge in [-0.05, 0) is 12.1 Å². The summed E-state index contributed by atoms with van der Waals surface area (Å²) >= 11 is 1.31. The molecule has 0 saturated heterocycles. The highest BCUT2D eigenvalue weighted by atomic mass is 35.5. The number of thiazole rings is 1. The lowest BCUT2D eigenvalue weighted by molar-refractivity contribution is 0.0691. The molecular weight excluding hydrogens is 271 g/mol. The Morgan fingerprint density at radius 2 is 1.88 bits per heavy atom. The fourth-order valence-electron chi connectivity index (χ4n) is 0.999. The highest BCUT2D eigenvalue weighted by Crippen LogP contribution is 2.22. The summed E-state index contributed by atoms with van der Waals surface area (Å²) in [6, 6.07) is 3.59. The maximum absolute atomic E-state index is 10.6. The third kappa shape index (κ3) is 3.16. The molecule has 86 valence electrons. The topological polar surface area (TPSA) is 63.1 Å². The van der Waals surface area contributed by atoms with Crippen LogP contribution in [-0.2, 0) is 0 Å². The molecule has 2 aromatic heterocycles. The Labute approximate surface area is 108 Å². The molecule has 0 fully saturated rings. The fraction of sp³-hybridized carbons (Fsp3) is 0. The van der Waals surface area contributed by atoms with Crippen LogP contribution in [0.1, 0.15) is 10.5 Å². The van der Waals surface area contributed by atoms with Crippen LogP contribution < -0.4 is 0 Å². The first kappa shape index (κ1) is 14.8. The largest absolute Gasteiger partial charge is 0.476 e. The number of carboxylic acids is 1. The van der Waals surface area contributed by atoms with Gasteiger partial charge in [0.1, 0.15) is 5.01 Å². The van der Waals surface area contributed by atoms with Crippen molar-refractivity contribution in [3.8, 4) is 10.6 Å². The lowest BCUT2D eigenvalue weighted by Gasteiger charge is -1.92. The number of halogens is 2. The minimum absolute atomic E-state index is 0. The van der Waals surface area contributed by atoms with Crippen molar-refractivity contribution in [3.05, 3.63) is 35.6 Å². The van der Waals surface area contributed by atoms with Gasteiger partial charge in [0.05, 0.1) is 0 Å². The number of hydrogen-bond acceptors (Lipinski definition) is 4. The standard InChI is InChI=1S/C9H6N2O2S.2ClH/c12-9(13)7-5-14-8(11-7)6-1-3-10-4-2-6;;/h1-5H,(H,12,13);2*1H. The molecule has 7 heteroatoms. The molecule has 0 bridgehead atoms. The molecule has 0 atom stereocenters. The van der Waals surface area contributed by atoms with E-state index in [9.17, 15) is 4.79 Å². The van der Waals surface area contributed by atoms with E-state index >= 15 is 0 Å². The van der Waals surface area contributed by atoms with Gasteiger partial charge in [-0.1, -0.05) is 0 Å². The number of carboxylic acid groups (broad SMARTS) is 1. The summed E-state index contributed by atoms with van der Waals surface area (Å²) in [4.78, 5) is 18.4. The molecule has 0 aliphatic heterocycles. The van der Waals surface area contributed by atoms with Crippen molar-refractivity contribution in [1.82, 2.24) is 9.97 Å². The van der Waals surface area contributed by atoms with Gasteiger partial charge in [-0.25, -0.2) is 9.78 Å². The lowest BCUT2D eigenvalue weighted by Crippen LogP contribution is -1.95. The van der Waals surface area contributed by atoms with Gasteiger partial charge in [-0.15, -0.1) is 36.2 Å². The van der Waals surface area contributed by atoms with Crippen molar-refractivity contribution in [3.63, 3.8) is 0 Å². The van der Waals surface area contributed by atoms with E-state index in [2.05, 4.69) is 9.97 Å². The second-order valence-electron chi connectivity index (χ2n) is 2.58. The first-order valence-electron chi connectivity index (χ1n) is 3.86. The van der Waals surface area contributed by atoms with E-state index in [-0.39, 0.29) is 30.5 Å². The normalized spacial score (nSPS) is 8.75. The molecule has 2 heterocycles. The molecule has 2 rings (SSSR count). The van der Waals surface area contributed by atoms with E-state index in [0.717, 1.165) is 5.56 Å². The van der Waals surface area contributed by atoms with Gasteiger partial charge in [0.2, 0.25) is 0 Å². The summed E-state index contributed by atoms with van der Waals surface area (Å²) < 4.78 is 0. The number of hydrogen-bond donors (Lipinski definition) is 1. The van der Waals surface area contributed by atoms with Gasteiger partial charge in [-0.3, -0.25) is 4.98 Å². The predicted molar refractivity (Wildman–Crippen MR) is 66.8 cm³/mol. The van der Waals surface area contributed by atoms with Crippen LogP contribution in [0, 0.1) is 0 Å². The molecule has 4 nitrogen and oxygen atoms in total. The quantitative estimate of drug-likeness (QED) is 0.918. The highest BCUT2D eigenvalue weighted by Gasteiger charge is 2.09. The van der Waals surface area contributed by atoms with Crippen LogP contribution in [0.5, 0.6) is 0 Å². The Morgan fingerprint density at radius 3 is 2.38 bits per heavy atom. The molecule has 0 spiro atoms. The van der Waals surface area contributed by atoms with E-state index in [0.29, 0.717) is 5.01 Å². The van der Waals surface area contributed by atoms with Gasteiger partial charge in [0.25, 0.3) is 0 Å². The molecule has 0 aromatic carbocycles. The summed E-state index contributed by atoms with van der Waals surface area (Å²) in [7, 11) is 0. The molecule has 16 heavy (non-hydrogen) atoms. The molecule has 0 unspecified atom stereocenters. The number of rotatable bonds is 2. The summed E-state index contributed by atoms with van der Waals surface area (Å²) in [5.41, 5.74) is 0.972. The lowest BCUT2D eigenvalue weighted by atomic mass is 10.3.